The van der Waals surface area contributed by atoms with Gasteiger partial charge in [0.1, 0.15) is 11.4 Å². The van der Waals surface area contributed by atoms with Crippen LogP contribution < -0.4 is 15.4 Å². The largest absolute Gasteiger partial charge is 0.488 e. The number of halogens is 1. The van der Waals surface area contributed by atoms with Crippen LogP contribution in [0.4, 0.5) is 0 Å². The van der Waals surface area contributed by atoms with E-state index in [-0.39, 0.29) is 35.1 Å². The lowest BCUT2D eigenvalue weighted by molar-refractivity contribution is -0.00501. The topological polar surface area (TPSA) is 58.1 Å². The molecule has 0 atom stereocenters. The molecule has 1 saturated heterocycles. The summed E-state index contributed by atoms with van der Waals surface area (Å²) in [5.41, 5.74) is 0.990. The number of guanidine groups is 1. The van der Waals surface area contributed by atoms with Crippen molar-refractivity contribution in [3.8, 4) is 5.75 Å². The van der Waals surface area contributed by atoms with Crippen molar-refractivity contribution in [2.75, 3.05) is 40.9 Å². The van der Waals surface area contributed by atoms with E-state index < -0.39 is 0 Å². The quantitative estimate of drug-likeness (QED) is 0.354. The van der Waals surface area contributed by atoms with Crippen molar-refractivity contribution < 1.29 is 9.47 Å². The van der Waals surface area contributed by atoms with Crippen molar-refractivity contribution in [2.24, 2.45) is 4.99 Å². The van der Waals surface area contributed by atoms with Crippen molar-refractivity contribution >= 4 is 29.9 Å². The fourth-order valence-electron chi connectivity index (χ4n) is 3.26. The summed E-state index contributed by atoms with van der Waals surface area (Å²) in [5.74, 6) is 1.70. The summed E-state index contributed by atoms with van der Waals surface area (Å²) >= 11 is 0. The molecule has 0 aromatic heterocycles. The maximum absolute atomic E-state index is 6.08. The van der Waals surface area contributed by atoms with Gasteiger partial charge in [0.25, 0.3) is 0 Å². The minimum atomic E-state index is -0.225. The average Bonchev–Trinajstić information content (AvgIpc) is 2.62. The van der Waals surface area contributed by atoms with Crippen LogP contribution in [0.1, 0.15) is 39.2 Å². The lowest BCUT2D eigenvalue weighted by atomic mass is 9.88. The molecular formula is C21H37IN4O2. The number of para-hydroxylation sites is 1. The number of hydrogen-bond acceptors (Lipinski definition) is 4. The van der Waals surface area contributed by atoms with Crippen LogP contribution in [0.15, 0.2) is 29.3 Å². The van der Waals surface area contributed by atoms with Crippen LogP contribution in [0.3, 0.4) is 0 Å². The van der Waals surface area contributed by atoms with Crippen LogP contribution in [0.5, 0.6) is 5.75 Å². The van der Waals surface area contributed by atoms with Crippen molar-refractivity contribution in [3.63, 3.8) is 0 Å². The van der Waals surface area contributed by atoms with Gasteiger partial charge in [-0.25, -0.2) is 0 Å². The Hall–Kier alpha value is -1.06. The lowest BCUT2D eigenvalue weighted by Crippen LogP contribution is -2.57. The second kappa shape index (κ2) is 11.2. The summed E-state index contributed by atoms with van der Waals surface area (Å²) < 4.78 is 11.6. The lowest BCUT2D eigenvalue weighted by Gasteiger charge is -2.43. The van der Waals surface area contributed by atoms with E-state index in [1.165, 1.54) is 0 Å². The molecule has 0 aliphatic carbocycles. The molecular weight excluding hydrogens is 467 g/mol. The first kappa shape index (κ1) is 25.0. The third kappa shape index (κ3) is 7.40. The van der Waals surface area contributed by atoms with Crippen molar-refractivity contribution in [2.45, 2.75) is 51.3 Å². The maximum Gasteiger partial charge on any atom is 0.191 e. The fraction of sp³-hybridized carbons (Fsp3) is 0.667. The second-order valence-corrected chi connectivity index (χ2v) is 8.33. The van der Waals surface area contributed by atoms with E-state index in [2.05, 4.69) is 61.5 Å². The maximum atomic E-state index is 6.08. The normalized spacial score (nSPS) is 17.0. The molecule has 2 rings (SSSR count). The van der Waals surface area contributed by atoms with E-state index in [0.29, 0.717) is 6.54 Å². The highest BCUT2D eigenvalue weighted by Crippen LogP contribution is 2.25. The fourth-order valence-corrected chi connectivity index (χ4v) is 3.26. The van der Waals surface area contributed by atoms with E-state index in [1.54, 1.807) is 7.05 Å². The molecule has 6 nitrogen and oxygen atoms in total. The smallest absolute Gasteiger partial charge is 0.191 e. The standard InChI is InChI=1S/C21H36N4O2.HI/c1-20(2,3)27-18-10-8-7-9-17(18)15-23-19(22-4)24-16-21(25(5)6)11-13-26-14-12-21;/h7-10H,11-16H2,1-6H3,(H2,22,23,24);1H. The summed E-state index contributed by atoms with van der Waals surface area (Å²) in [6, 6.07) is 8.14. The van der Waals surface area contributed by atoms with E-state index in [0.717, 1.165) is 49.9 Å². The van der Waals surface area contributed by atoms with Crippen molar-refractivity contribution in [1.29, 1.82) is 0 Å². The molecule has 28 heavy (non-hydrogen) atoms. The van der Waals surface area contributed by atoms with Gasteiger partial charge in [-0.15, -0.1) is 24.0 Å². The summed E-state index contributed by atoms with van der Waals surface area (Å²) in [5, 5.41) is 6.92. The van der Waals surface area contributed by atoms with Crippen LogP contribution >= 0.6 is 24.0 Å². The van der Waals surface area contributed by atoms with Crippen LogP contribution in [-0.2, 0) is 11.3 Å². The van der Waals surface area contributed by atoms with Gasteiger partial charge in [-0.1, -0.05) is 18.2 Å². The first-order chi connectivity index (χ1) is 12.8. The van der Waals surface area contributed by atoms with Gasteiger partial charge in [0.05, 0.1) is 0 Å². The number of benzene rings is 1. The molecule has 7 heteroatoms. The van der Waals surface area contributed by atoms with E-state index in [9.17, 15) is 0 Å². The van der Waals surface area contributed by atoms with Gasteiger partial charge in [-0.05, 0) is 53.8 Å². The van der Waals surface area contributed by atoms with Crippen LogP contribution in [-0.4, -0.2) is 62.9 Å². The van der Waals surface area contributed by atoms with Gasteiger partial charge in [0, 0.05) is 44.5 Å². The van der Waals surface area contributed by atoms with E-state index in [1.807, 2.05) is 18.2 Å². The summed E-state index contributed by atoms with van der Waals surface area (Å²) in [7, 11) is 6.09. The zero-order chi connectivity index (χ0) is 19.9. The molecule has 1 heterocycles. The highest BCUT2D eigenvalue weighted by atomic mass is 127. The van der Waals surface area contributed by atoms with E-state index >= 15 is 0 Å². The Balaban J connectivity index is 0.00000392. The predicted octanol–water partition coefficient (Wildman–Crippen LogP) is 3.26. The number of ether oxygens (including phenoxy) is 2. The minimum absolute atomic E-state index is 0. The van der Waals surface area contributed by atoms with Gasteiger partial charge in [-0.2, -0.15) is 0 Å². The molecule has 1 aromatic rings. The minimum Gasteiger partial charge on any atom is -0.488 e. The zero-order valence-corrected chi connectivity index (χ0v) is 20.5. The van der Waals surface area contributed by atoms with Gasteiger partial charge in [-0.3, -0.25) is 4.99 Å². The molecule has 0 saturated carbocycles. The van der Waals surface area contributed by atoms with Gasteiger partial charge >= 0.3 is 0 Å². The molecule has 1 aliphatic rings. The average molecular weight is 504 g/mol. The Labute approximate surface area is 187 Å². The molecule has 1 aromatic carbocycles. The third-order valence-corrected chi connectivity index (χ3v) is 5.02. The SMILES string of the molecule is CN=C(NCc1ccccc1OC(C)(C)C)NCC1(N(C)C)CCOCC1.I. The summed E-state index contributed by atoms with van der Waals surface area (Å²) in [6.07, 6.45) is 2.04. The molecule has 1 aliphatic heterocycles. The van der Waals surface area contributed by atoms with Crippen molar-refractivity contribution in [3.05, 3.63) is 29.8 Å². The number of aliphatic imine (C=N–C) groups is 1. The van der Waals surface area contributed by atoms with Crippen molar-refractivity contribution in [1.82, 2.24) is 15.5 Å². The Morgan fingerprint density at radius 1 is 1.18 bits per heavy atom. The number of rotatable bonds is 6. The second-order valence-electron chi connectivity index (χ2n) is 8.33. The third-order valence-electron chi connectivity index (χ3n) is 5.02. The molecule has 0 unspecified atom stereocenters. The first-order valence-electron chi connectivity index (χ1n) is 9.72. The first-order valence-corrected chi connectivity index (χ1v) is 9.72. The van der Waals surface area contributed by atoms with Gasteiger partial charge in [0.2, 0.25) is 0 Å². The molecule has 0 spiro atoms. The number of hydrogen-bond donors (Lipinski definition) is 2. The van der Waals surface area contributed by atoms with E-state index in [4.69, 9.17) is 9.47 Å². The Kier molecular flexibility index (Phi) is 10.00. The monoisotopic (exact) mass is 504 g/mol. The number of likely N-dealkylation sites (N-methyl/N-ethyl adjacent to an activating group) is 1. The summed E-state index contributed by atoms with van der Waals surface area (Å²) in [6.45, 7) is 9.30. The highest BCUT2D eigenvalue weighted by Gasteiger charge is 2.34. The molecule has 1 fully saturated rings. The summed E-state index contributed by atoms with van der Waals surface area (Å²) in [4.78, 5) is 6.69. The molecule has 160 valence electrons. The van der Waals surface area contributed by atoms with Crippen LogP contribution in [0, 0.1) is 0 Å². The molecule has 0 bridgehead atoms. The van der Waals surface area contributed by atoms with Crippen LogP contribution in [0.2, 0.25) is 0 Å². The predicted molar refractivity (Wildman–Crippen MR) is 127 cm³/mol. The van der Waals surface area contributed by atoms with Gasteiger partial charge in [0.15, 0.2) is 5.96 Å². The highest BCUT2D eigenvalue weighted by molar-refractivity contribution is 14.0. The number of nitrogens with one attached hydrogen (secondary N) is 2. The number of nitrogens with zero attached hydrogens (tertiary/aromatic N) is 2. The van der Waals surface area contributed by atoms with Gasteiger partial charge < -0.3 is 25.0 Å². The molecule has 2 N–H and O–H groups in total. The zero-order valence-electron chi connectivity index (χ0n) is 18.2. The molecule has 0 radical (unpaired) electrons. The van der Waals surface area contributed by atoms with Crippen LogP contribution in [0.25, 0.3) is 0 Å². The Morgan fingerprint density at radius 3 is 2.39 bits per heavy atom. The Bertz CT molecular complexity index is 623. The molecule has 0 amide bonds. The Morgan fingerprint density at radius 2 is 1.82 bits per heavy atom.